The molecule has 0 aliphatic heterocycles. The van der Waals surface area contributed by atoms with Gasteiger partial charge in [0.05, 0.1) is 12.1 Å². The van der Waals surface area contributed by atoms with Crippen molar-refractivity contribution in [2.45, 2.75) is 52.2 Å². The first-order valence-electron chi connectivity index (χ1n) is 8.83. The molecule has 1 aliphatic rings. The minimum atomic E-state index is -0.503. The molecular formula is C20H24N2O3S. The number of ether oxygens (including phenoxy) is 1. The summed E-state index contributed by atoms with van der Waals surface area (Å²) in [4.78, 5) is 28.2. The van der Waals surface area contributed by atoms with Crippen molar-refractivity contribution in [2.75, 3.05) is 0 Å². The zero-order valence-electron chi connectivity index (χ0n) is 15.4. The fourth-order valence-electron chi connectivity index (χ4n) is 2.51. The molecule has 1 heterocycles. The number of ketones is 1. The van der Waals surface area contributed by atoms with E-state index in [9.17, 15) is 9.59 Å². The van der Waals surface area contributed by atoms with Crippen molar-refractivity contribution in [2.24, 2.45) is 5.92 Å². The highest BCUT2D eigenvalue weighted by Crippen LogP contribution is 2.32. The van der Waals surface area contributed by atoms with E-state index in [0.29, 0.717) is 18.7 Å². The molecule has 0 bridgehead atoms. The first-order chi connectivity index (χ1) is 12.3. The summed E-state index contributed by atoms with van der Waals surface area (Å²) >= 11 is 1.54. The normalized spacial score (nSPS) is 14.1. The predicted molar refractivity (Wildman–Crippen MR) is 102 cm³/mol. The van der Waals surface area contributed by atoms with Crippen LogP contribution in [0.3, 0.4) is 0 Å². The van der Waals surface area contributed by atoms with Gasteiger partial charge in [0.15, 0.2) is 0 Å². The van der Waals surface area contributed by atoms with Crippen LogP contribution in [0.4, 0.5) is 4.79 Å². The van der Waals surface area contributed by atoms with Crippen molar-refractivity contribution in [3.05, 3.63) is 40.2 Å². The summed E-state index contributed by atoms with van der Waals surface area (Å²) < 4.78 is 5.22. The van der Waals surface area contributed by atoms with E-state index in [1.54, 1.807) is 0 Å². The molecular weight excluding hydrogens is 348 g/mol. The summed E-state index contributed by atoms with van der Waals surface area (Å²) in [6, 6.07) is 7.88. The van der Waals surface area contributed by atoms with E-state index >= 15 is 0 Å². The van der Waals surface area contributed by atoms with Crippen molar-refractivity contribution in [1.29, 1.82) is 0 Å². The van der Waals surface area contributed by atoms with Gasteiger partial charge in [0.25, 0.3) is 0 Å². The Morgan fingerprint density at radius 2 is 1.92 bits per heavy atom. The molecule has 1 aliphatic carbocycles. The standard InChI is InChI=1S/C20H24N2O3S/c1-20(2,3)25-19(24)21-11-13-4-6-14(7-5-13)16-12-26-18(22-16)10-17(23)15-8-9-15/h4-7,12,15H,8-11H2,1-3H3,(H,21,24). The van der Waals surface area contributed by atoms with E-state index in [1.807, 2.05) is 50.4 Å². The lowest BCUT2D eigenvalue weighted by Gasteiger charge is -2.19. The Morgan fingerprint density at radius 3 is 2.54 bits per heavy atom. The third-order valence-electron chi connectivity index (χ3n) is 4.00. The molecule has 5 nitrogen and oxygen atoms in total. The maximum atomic E-state index is 11.9. The highest BCUT2D eigenvalue weighted by molar-refractivity contribution is 7.10. The number of nitrogens with one attached hydrogen (secondary N) is 1. The van der Waals surface area contributed by atoms with Crippen LogP contribution in [0.1, 0.15) is 44.2 Å². The lowest BCUT2D eigenvalue weighted by Crippen LogP contribution is -2.32. The third kappa shape index (κ3) is 5.39. The number of carbonyl (C=O) groups is 2. The van der Waals surface area contributed by atoms with Crippen molar-refractivity contribution in [3.8, 4) is 11.3 Å². The van der Waals surface area contributed by atoms with E-state index < -0.39 is 11.7 Å². The summed E-state index contributed by atoms with van der Waals surface area (Å²) in [7, 11) is 0. The Hall–Kier alpha value is -2.21. The van der Waals surface area contributed by atoms with Gasteiger partial charge in [0, 0.05) is 23.4 Å². The molecule has 138 valence electrons. The predicted octanol–water partition coefficient (Wildman–Crippen LogP) is 4.36. The molecule has 1 saturated carbocycles. The minimum Gasteiger partial charge on any atom is -0.444 e. The topological polar surface area (TPSA) is 68.3 Å². The van der Waals surface area contributed by atoms with Gasteiger partial charge in [-0.1, -0.05) is 24.3 Å². The second-order valence-corrected chi connectivity index (χ2v) is 8.54. The van der Waals surface area contributed by atoms with Crippen LogP contribution < -0.4 is 5.32 Å². The smallest absolute Gasteiger partial charge is 0.407 e. The van der Waals surface area contributed by atoms with Crippen LogP contribution >= 0.6 is 11.3 Å². The highest BCUT2D eigenvalue weighted by atomic mass is 32.1. The first-order valence-corrected chi connectivity index (χ1v) is 9.71. The highest BCUT2D eigenvalue weighted by Gasteiger charge is 2.29. The number of nitrogens with zero attached hydrogens (tertiary/aromatic N) is 1. The molecule has 0 atom stereocenters. The third-order valence-corrected chi connectivity index (χ3v) is 4.84. The average Bonchev–Trinajstić information content (AvgIpc) is 3.32. The van der Waals surface area contributed by atoms with Gasteiger partial charge in [-0.05, 0) is 39.2 Å². The number of rotatable bonds is 6. The largest absolute Gasteiger partial charge is 0.444 e. The Balaban J connectivity index is 1.55. The second-order valence-electron chi connectivity index (χ2n) is 7.60. The maximum Gasteiger partial charge on any atom is 0.407 e. The molecule has 1 amide bonds. The van der Waals surface area contributed by atoms with Crippen LogP contribution in [0.25, 0.3) is 11.3 Å². The summed E-state index contributed by atoms with van der Waals surface area (Å²) in [5, 5.41) is 5.62. The SMILES string of the molecule is CC(C)(C)OC(=O)NCc1ccc(-c2csc(CC(=O)C3CC3)n2)cc1. The summed E-state index contributed by atoms with van der Waals surface area (Å²) in [6.07, 6.45) is 2.10. The van der Waals surface area contributed by atoms with Crippen LogP contribution in [0, 0.1) is 5.92 Å². The molecule has 2 aromatic rings. The number of benzene rings is 1. The van der Waals surface area contributed by atoms with Crippen LogP contribution in [0.5, 0.6) is 0 Å². The van der Waals surface area contributed by atoms with Gasteiger partial charge in [-0.15, -0.1) is 11.3 Å². The number of amides is 1. The fourth-order valence-corrected chi connectivity index (χ4v) is 3.32. The number of Topliss-reactive ketones (excluding diaryl/α,β-unsaturated/α-hetero) is 1. The Kier molecular flexibility index (Phi) is 5.41. The quantitative estimate of drug-likeness (QED) is 0.818. The van der Waals surface area contributed by atoms with Crippen molar-refractivity contribution in [3.63, 3.8) is 0 Å². The van der Waals surface area contributed by atoms with Crippen LogP contribution in [0.2, 0.25) is 0 Å². The van der Waals surface area contributed by atoms with Gasteiger partial charge in [0.2, 0.25) is 0 Å². The van der Waals surface area contributed by atoms with Gasteiger partial charge in [-0.3, -0.25) is 4.79 Å². The minimum absolute atomic E-state index is 0.277. The van der Waals surface area contributed by atoms with Gasteiger partial charge < -0.3 is 10.1 Å². The zero-order chi connectivity index (χ0) is 18.7. The molecule has 26 heavy (non-hydrogen) atoms. The van der Waals surface area contributed by atoms with E-state index in [-0.39, 0.29) is 5.92 Å². The summed E-state index contributed by atoms with van der Waals surface area (Å²) in [5.41, 5.74) is 2.38. The molecule has 6 heteroatoms. The second kappa shape index (κ2) is 7.58. The van der Waals surface area contributed by atoms with E-state index in [0.717, 1.165) is 34.7 Å². The number of thiazole rings is 1. The molecule has 1 fully saturated rings. The maximum absolute atomic E-state index is 11.9. The zero-order valence-corrected chi connectivity index (χ0v) is 16.2. The van der Waals surface area contributed by atoms with E-state index in [1.165, 1.54) is 11.3 Å². The van der Waals surface area contributed by atoms with E-state index in [4.69, 9.17) is 4.74 Å². The van der Waals surface area contributed by atoms with Gasteiger partial charge in [-0.25, -0.2) is 9.78 Å². The monoisotopic (exact) mass is 372 g/mol. The number of alkyl carbamates (subject to hydrolysis) is 1. The average molecular weight is 372 g/mol. The van der Waals surface area contributed by atoms with Crippen molar-refractivity contribution >= 4 is 23.2 Å². The Labute approximate surface area is 157 Å². The number of hydrogen-bond donors (Lipinski definition) is 1. The fraction of sp³-hybridized carbons (Fsp3) is 0.450. The van der Waals surface area contributed by atoms with E-state index in [2.05, 4.69) is 10.3 Å². The lowest BCUT2D eigenvalue weighted by atomic mass is 10.1. The first kappa shape index (κ1) is 18.6. The molecule has 1 N–H and O–H groups in total. The van der Waals surface area contributed by atoms with Crippen molar-refractivity contribution < 1.29 is 14.3 Å². The van der Waals surface area contributed by atoms with Crippen molar-refractivity contribution in [1.82, 2.24) is 10.3 Å². The molecule has 3 rings (SSSR count). The Morgan fingerprint density at radius 1 is 1.23 bits per heavy atom. The Bertz CT molecular complexity index is 786. The molecule has 0 spiro atoms. The van der Waals surface area contributed by atoms with Gasteiger partial charge >= 0.3 is 6.09 Å². The molecule has 1 aromatic carbocycles. The summed E-state index contributed by atoms with van der Waals surface area (Å²) in [6.45, 7) is 5.92. The van der Waals surface area contributed by atoms with Crippen LogP contribution in [-0.4, -0.2) is 22.5 Å². The molecule has 0 unspecified atom stereocenters. The number of carbonyl (C=O) groups excluding carboxylic acids is 2. The summed E-state index contributed by atoms with van der Waals surface area (Å²) in [5.74, 6) is 0.591. The molecule has 0 saturated heterocycles. The lowest BCUT2D eigenvalue weighted by molar-refractivity contribution is -0.119. The van der Waals surface area contributed by atoms with Gasteiger partial charge in [-0.2, -0.15) is 0 Å². The number of aromatic nitrogens is 1. The number of hydrogen-bond acceptors (Lipinski definition) is 5. The molecule has 1 aromatic heterocycles. The molecule has 0 radical (unpaired) electrons. The van der Waals surface area contributed by atoms with Crippen LogP contribution in [-0.2, 0) is 22.5 Å². The van der Waals surface area contributed by atoms with Gasteiger partial charge in [0.1, 0.15) is 16.4 Å². The van der Waals surface area contributed by atoms with Crippen LogP contribution in [0.15, 0.2) is 29.6 Å².